The van der Waals surface area contributed by atoms with Gasteiger partial charge in [0.1, 0.15) is 6.10 Å². The maximum Gasteiger partial charge on any atom is 0.253 e. The maximum absolute atomic E-state index is 12.1. The number of anilines is 1. The van der Waals surface area contributed by atoms with Gasteiger partial charge in [-0.15, -0.1) is 0 Å². The highest BCUT2D eigenvalue weighted by molar-refractivity contribution is 5.93. The molecular weight excluding hydrogens is 252 g/mol. The number of ether oxygens (including phenoxy) is 1. The van der Waals surface area contributed by atoms with E-state index >= 15 is 0 Å². The van der Waals surface area contributed by atoms with Gasteiger partial charge in [0.05, 0.1) is 6.10 Å². The Hall–Kier alpha value is -1.39. The summed E-state index contributed by atoms with van der Waals surface area (Å²) in [6, 6.07) is 9.47. The van der Waals surface area contributed by atoms with Crippen LogP contribution in [-0.4, -0.2) is 24.2 Å². The zero-order valence-corrected chi connectivity index (χ0v) is 12.0. The maximum atomic E-state index is 12.1. The summed E-state index contributed by atoms with van der Waals surface area (Å²) in [5, 5.41) is 2.86. The van der Waals surface area contributed by atoms with Crippen LogP contribution < -0.4 is 11.1 Å². The first-order valence-corrected chi connectivity index (χ1v) is 7.44. The molecule has 0 saturated heterocycles. The van der Waals surface area contributed by atoms with Gasteiger partial charge in [-0.2, -0.15) is 0 Å². The lowest BCUT2D eigenvalue weighted by Crippen LogP contribution is -2.41. The Labute approximate surface area is 120 Å². The van der Waals surface area contributed by atoms with Crippen LogP contribution in [0.5, 0.6) is 0 Å². The summed E-state index contributed by atoms with van der Waals surface area (Å²) in [6.45, 7) is 1.79. The number of hydrogen-bond acceptors (Lipinski definition) is 3. The van der Waals surface area contributed by atoms with Crippen LogP contribution in [0.15, 0.2) is 30.3 Å². The lowest BCUT2D eigenvalue weighted by atomic mass is 10.1. The van der Waals surface area contributed by atoms with Crippen molar-refractivity contribution in [2.75, 3.05) is 5.32 Å². The van der Waals surface area contributed by atoms with Crippen molar-refractivity contribution in [3.63, 3.8) is 0 Å². The molecule has 0 aliphatic heterocycles. The van der Waals surface area contributed by atoms with Crippen LogP contribution in [0.4, 0.5) is 5.69 Å². The van der Waals surface area contributed by atoms with Gasteiger partial charge in [0.2, 0.25) is 0 Å². The highest BCUT2D eigenvalue weighted by Crippen LogP contribution is 2.20. The molecule has 110 valence electrons. The van der Waals surface area contributed by atoms with Crippen LogP contribution in [0.1, 0.15) is 39.0 Å². The fourth-order valence-corrected chi connectivity index (χ4v) is 2.56. The van der Waals surface area contributed by atoms with Gasteiger partial charge in [-0.25, -0.2) is 0 Å². The predicted molar refractivity (Wildman–Crippen MR) is 80.5 cm³/mol. The molecule has 3 unspecified atom stereocenters. The lowest BCUT2D eigenvalue weighted by molar-refractivity contribution is -0.131. The molecular formula is C16H24N2O2. The summed E-state index contributed by atoms with van der Waals surface area (Å²) in [5.41, 5.74) is 6.91. The molecule has 20 heavy (non-hydrogen) atoms. The molecule has 1 aliphatic rings. The summed E-state index contributed by atoms with van der Waals surface area (Å²) in [4.78, 5) is 12.1. The molecule has 4 nitrogen and oxygen atoms in total. The van der Waals surface area contributed by atoms with E-state index in [1.165, 1.54) is 6.42 Å². The summed E-state index contributed by atoms with van der Waals surface area (Å²) in [6.07, 6.45) is 4.94. The van der Waals surface area contributed by atoms with Gasteiger partial charge in [0.15, 0.2) is 0 Å². The van der Waals surface area contributed by atoms with Crippen molar-refractivity contribution in [3.8, 4) is 0 Å². The number of carbonyl (C=O) groups excluding carboxylic acids is 1. The van der Waals surface area contributed by atoms with Gasteiger partial charge < -0.3 is 15.8 Å². The van der Waals surface area contributed by atoms with Crippen molar-refractivity contribution < 1.29 is 9.53 Å². The number of para-hydroxylation sites is 1. The van der Waals surface area contributed by atoms with Crippen molar-refractivity contribution in [1.82, 2.24) is 0 Å². The van der Waals surface area contributed by atoms with E-state index in [0.717, 1.165) is 31.4 Å². The number of nitrogens with one attached hydrogen (secondary N) is 1. The number of amides is 1. The highest BCUT2D eigenvalue weighted by atomic mass is 16.5. The minimum absolute atomic E-state index is 0.00553. The minimum atomic E-state index is -0.482. The second-order valence-electron chi connectivity index (χ2n) is 5.47. The number of nitrogens with two attached hydrogens (primary N) is 1. The largest absolute Gasteiger partial charge is 0.364 e. The summed E-state index contributed by atoms with van der Waals surface area (Å²) < 4.78 is 5.88. The van der Waals surface area contributed by atoms with Crippen LogP contribution in [-0.2, 0) is 9.53 Å². The Kier molecular flexibility index (Phi) is 5.56. The molecule has 0 heterocycles. The van der Waals surface area contributed by atoms with E-state index in [-0.39, 0.29) is 18.1 Å². The van der Waals surface area contributed by atoms with Crippen molar-refractivity contribution in [2.45, 2.75) is 57.3 Å². The molecule has 1 aliphatic carbocycles. The van der Waals surface area contributed by atoms with Gasteiger partial charge >= 0.3 is 0 Å². The second kappa shape index (κ2) is 7.41. The molecule has 0 aromatic heterocycles. The third kappa shape index (κ3) is 4.32. The third-order valence-electron chi connectivity index (χ3n) is 3.79. The first kappa shape index (κ1) is 15.0. The Morgan fingerprint density at radius 1 is 1.25 bits per heavy atom. The average molecular weight is 276 g/mol. The first-order chi connectivity index (χ1) is 9.66. The summed E-state index contributed by atoms with van der Waals surface area (Å²) in [5.74, 6) is -0.118. The molecule has 1 amide bonds. The average Bonchev–Trinajstić information content (AvgIpc) is 2.65. The van der Waals surface area contributed by atoms with Crippen LogP contribution in [0.2, 0.25) is 0 Å². The SMILES string of the molecule is CC(OC1CCCCCC1N)C(=O)Nc1ccccc1. The van der Waals surface area contributed by atoms with Gasteiger partial charge in [-0.3, -0.25) is 4.79 Å². The molecule has 0 bridgehead atoms. The summed E-state index contributed by atoms with van der Waals surface area (Å²) in [7, 11) is 0. The quantitative estimate of drug-likeness (QED) is 0.831. The van der Waals surface area contributed by atoms with Gasteiger partial charge in [0, 0.05) is 11.7 Å². The van der Waals surface area contributed by atoms with Crippen molar-refractivity contribution in [3.05, 3.63) is 30.3 Å². The number of carbonyl (C=O) groups is 1. The molecule has 1 fully saturated rings. The van der Waals surface area contributed by atoms with Gasteiger partial charge in [-0.1, -0.05) is 37.5 Å². The zero-order chi connectivity index (χ0) is 14.4. The van der Waals surface area contributed by atoms with Crippen LogP contribution in [0, 0.1) is 0 Å². The normalized spacial score (nSPS) is 24.7. The van der Waals surface area contributed by atoms with Crippen LogP contribution in [0.3, 0.4) is 0 Å². The fourth-order valence-electron chi connectivity index (χ4n) is 2.56. The third-order valence-corrected chi connectivity index (χ3v) is 3.79. The van der Waals surface area contributed by atoms with E-state index < -0.39 is 6.10 Å². The number of hydrogen-bond donors (Lipinski definition) is 2. The summed E-state index contributed by atoms with van der Waals surface area (Å²) >= 11 is 0. The van der Waals surface area contributed by atoms with Gasteiger partial charge in [0.25, 0.3) is 5.91 Å². The fraction of sp³-hybridized carbons (Fsp3) is 0.562. The van der Waals surface area contributed by atoms with Crippen LogP contribution >= 0.6 is 0 Å². The Morgan fingerprint density at radius 2 is 1.95 bits per heavy atom. The van der Waals surface area contributed by atoms with Crippen LogP contribution in [0.25, 0.3) is 0 Å². The molecule has 3 atom stereocenters. The highest BCUT2D eigenvalue weighted by Gasteiger charge is 2.25. The molecule has 3 N–H and O–H groups in total. The second-order valence-corrected chi connectivity index (χ2v) is 5.47. The molecule has 2 rings (SSSR count). The topological polar surface area (TPSA) is 64.3 Å². The van der Waals surface area contributed by atoms with E-state index in [1.54, 1.807) is 6.92 Å². The molecule has 0 radical (unpaired) electrons. The molecule has 4 heteroatoms. The predicted octanol–water partition coefficient (Wildman–Crippen LogP) is 2.69. The van der Waals surface area contributed by atoms with E-state index in [0.29, 0.717) is 0 Å². The standard InChI is InChI=1S/C16H24N2O2/c1-12(16(19)18-13-8-4-2-5-9-13)20-15-11-7-3-6-10-14(15)17/h2,4-5,8-9,12,14-15H,3,6-7,10-11,17H2,1H3,(H,18,19). The first-order valence-electron chi connectivity index (χ1n) is 7.44. The van der Waals surface area contributed by atoms with E-state index in [9.17, 15) is 4.79 Å². The Balaban J connectivity index is 1.87. The zero-order valence-electron chi connectivity index (χ0n) is 12.0. The monoisotopic (exact) mass is 276 g/mol. The van der Waals surface area contributed by atoms with Crippen molar-refractivity contribution in [1.29, 1.82) is 0 Å². The number of rotatable bonds is 4. The Bertz CT molecular complexity index is 422. The number of benzene rings is 1. The molecule has 1 aromatic carbocycles. The molecule has 1 saturated carbocycles. The molecule has 1 aromatic rings. The van der Waals surface area contributed by atoms with Crippen molar-refractivity contribution in [2.24, 2.45) is 5.73 Å². The van der Waals surface area contributed by atoms with E-state index in [1.807, 2.05) is 30.3 Å². The smallest absolute Gasteiger partial charge is 0.253 e. The molecule has 0 spiro atoms. The van der Waals surface area contributed by atoms with Gasteiger partial charge in [-0.05, 0) is 31.9 Å². The van der Waals surface area contributed by atoms with E-state index in [4.69, 9.17) is 10.5 Å². The van der Waals surface area contributed by atoms with Crippen molar-refractivity contribution >= 4 is 11.6 Å². The Morgan fingerprint density at radius 3 is 2.70 bits per heavy atom. The minimum Gasteiger partial charge on any atom is -0.364 e. The van der Waals surface area contributed by atoms with E-state index in [2.05, 4.69) is 5.32 Å². The lowest BCUT2D eigenvalue weighted by Gasteiger charge is -2.25.